The number of hydrogen-bond donors (Lipinski definition) is 1. The highest BCUT2D eigenvalue weighted by atomic mass is 16.5. The smallest absolute Gasteiger partial charge is 0.0958 e. The van der Waals surface area contributed by atoms with Crippen molar-refractivity contribution in [2.24, 2.45) is 0 Å². The first-order chi connectivity index (χ1) is 11.8. The first kappa shape index (κ1) is 14.9. The standard InChI is InChI=1S/C19H26N4O/c1-2-4-18-17(3-1)20-14-23(18)8-7-22-9-10-24-19(13-22)11-15-5-6-16(12-19)21-15/h1-4,14-16,21H,5-13H2/t15-,16+,19?. The Hall–Kier alpha value is -1.43. The van der Waals surface area contributed by atoms with Crippen LogP contribution in [-0.4, -0.2) is 58.4 Å². The van der Waals surface area contributed by atoms with Crippen molar-refractivity contribution >= 4 is 11.0 Å². The van der Waals surface area contributed by atoms with E-state index in [-0.39, 0.29) is 5.60 Å². The molecule has 3 aliphatic rings. The van der Waals surface area contributed by atoms with Crippen LogP contribution in [0.5, 0.6) is 0 Å². The highest BCUT2D eigenvalue weighted by Gasteiger charge is 2.46. The molecule has 0 radical (unpaired) electrons. The molecule has 128 valence electrons. The second-order valence-electron chi connectivity index (χ2n) is 7.78. The fraction of sp³-hybridized carbons (Fsp3) is 0.632. The summed E-state index contributed by atoms with van der Waals surface area (Å²) in [6.45, 7) is 5.10. The van der Waals surface area contributed by atoms with Gasteiger partial charge in [0.2, 0.25) is 0 Å². The van der Waals surface area contributed by atoms with Gasteiger partial charge in [-0.15, -0.1) is 0 Å². The Morgan fingerprint density at radius 1 is 1.17 bits per heavy atom. The lowest BCUT2D eigenvalue weighted by Crippen LogP contribution is -2.59. The molecule has 5 nitrogen and oxygen atoms in total. The molecule has 1 aromatic heterocycles. The summed E-state index contributed by atoms with van der Waals surface area (Å²) in [5.74, 6) is 0. The number of benzene rings is 1. The summed E-state index contributed by atoms with van der Waals surface area (Å²) >= 11 is 0. The number of nitrogens with zero attached hydrogens (tertiary/aromatic N) is 3. The SMILES string of the molecule is c1ccc2c(c1)ncn2CCN1CCOC2(C[C@H]3CC[C@@H](C2)N3)C1. The molecule has 1 spiro atoms. The number of aromatic nitrogens is 2. The van der Waals surface area contributed by atoms with Crippen LogP contribution >= 0.6 is 0 Å². The van der Waals surface area contributed by atoms with Crippen molar-refractivity contribution < 1.29 is 4.74 Å². The Morgan fingerprint density at radius 2 is 2.00 bits per heavy atom. The number of piperidine rings is 1. The van der Waals surface area contributed by atoms with Crippen LogP contribution in [0.15, 0.2) is 30.6 Å². The fourth-order valence-corrected chi connectivity index (χ4v) is 5.00. The van der Waals surface area contributed by atoms with Gasteiger partial charge in [0.15, 0.2) is 0 Å². The first-order valence-electron chi connectivity index (χ1n) is 9.32. The van der Waals surface area contributed by atoms with Gasteiger partial charge in [0.05, 0.1) is 29.6 Å². The predicted octanol–water partition coefficient (Wildman–Crippen LogP) is 2.02. The lowest BCUT2D eigenvalue weighted by molar-refractivity contribution is -0.131. The Morgan fingerprint density at radius 3 is 2.88 bits per heavy atom. The number of para-hydroxylation sites is 2. The van der Waals surface area contributed by atoms with Crippen LogP contribution in [-0.2, 0) is 11.3 Å². The lowest BCUT2D eigenvalue weighted by atomic mass is 9.86. The van der Waals surface area contributed by atoms with Gasteiger partial charge in [0.25, 0.3) is 0 Å². The van der Waals surface area contributed by atoms with Crippen molar-refractivity contribution in [2.45, 2.75) is 49.9 Å². The first-order valence-corrected chi connectivity index (χ1v) is 9.32. The van der Waals surface area contributed by atoms with Gasteiger partial charge in [0, 0.05) is 38.3 Å². The largest absolute Gasteiger partial charge is 0.372 e. The van der Waals surface area contributed by atoms with Crippen molar-refractivity contribution in [1.29, 1.82) is 0 Å². The second-order valence-corrected chi connectivity index (χ2v) is 7.78. The molecule has 3 atom stereocenters. The number of hydrogen-bond acceptors (Lipinski definition) is 4. The van der Waals surface area contributed by atoms with Gasteiger partial charge in [-0.2, -0.15) is 0 Å². The fourth-order valence-electron chi connectivity index (χ4n) is 5.00. The Bertz CT molecular complexity index is 715. The van der Waals surface area contributed by atoms with E-state index in [1.54, 1.807) is 0 Å². The molecular weight excluding hydrogens is 300 g/mol. The van der Waals surface area contributed by atoms with Crippen molar-refractivity contribution in [2.75, 3.05) is 26.2 Å². The summed E-state index contributed by atoms with van der Waals surface area (Å²) in [6.07, 6.45) is 7.02. The third-order valence-corrected chi connectivity index (χ3v) is 6.08. The zero-order valence-electron chi connectivity index (χ0n) is 14.2. The molecule has 1 aromatic carbocycles. The molecular formula is C19H26N4O. The minimum atomic E-state index is 0.104. The zero-order chi connectivity index (χ0) is 16.0. The molecule has 2 aromatic rings. The van der Waals surface area contributed by atoms with Crippen LogP contribution < -0.4 is 5.32 Å². The molecule has 3 fully saturated rings. The molecule has 0 amide bonds. The van der Waals surface area contributed by atoms with Gasteiger partial charge < -0.3 is 14.6 Å². The number of nitrogens with one attached hydrogen (secondary N) is 1. The molecule has 24 heavy (non-hydrogen) atoms. The monoisotopic (exact) mass is 326 g/mol. The van der Waals surface area contributed by atoms with E-state index in [1.165, 1.54) is 31.2 Å². The van der Waals surface area contributed by atoms with E-state index in [9.17, 15) is 0 Å². The van der Waals surface area contributed by atoms with Crippen LogP contribution in [0.2, 0.25) is 0 Å². The minimum Gasteiger partial charge on any atom is -0.372 e. The number of fused-ring (bicyclic) bond motifs is 3. The highest BCUT2D eigenvalue weighted by Crippen LogP contribution is 2.38. The van der Waals surface area contributed by atoms with Crippen molar-refractivity contribution in [3.05, 3.63) is 30.6 Å². The van der Waals surface area contributed by atoms with E-state index in [2.05, 4.69) is 44.0 Å². The average molecular weight is 326 g/mol. The van der Waals surface area contributed by atoms with E-state index in [0.29, 0.717) is 12.1 Å². The summed E-state index contributed by atoms with van der Waals surface area (Å²) < 4.78 is 8.61. The summed E-state index contributed by atoms with van der Waals surface area (Å²) in [7, 11) is 0. The van der Waals surface area contributed by atoms with Crippen LogP contribution in [0.4, 0.5) is 0 Å². The van der Waals surface area contributed by atoms with E-state index in [4.69, 9.17) is 4.74 Å². The topological polar surface area (TPSA) is 42.3 Å². The van der Waals surface area contributed by atoms with Gasteiger partial charge in [-0.25, -0.2) is 4.98 Å². The zero-order valence-corrected chi connectivity index (χ0v) is 14.2. The maximum absolute atomic E-state index is 6.32. The molecule has 1 N–H and O–H groups in total. The van der Waals surface area contributed by atoms with Crippen molar-refractivity contribution in [1.82, 2.24) is 19.8 Å². The Kier molecular flexibility index (Phi) is 3.61. The predicted molar refractivity (Wildman–Crippen MR) is 94.0 cm³/mol. The number of ether oxygens (including phenoxy) is 1. The van der Waals surface area contributed by atoms with Crippen molar-refractivity contribution in [3.63, 3.8) is 0 Å². The quantitative estimate of drug-likeness (QED) is 0.937. The summed E-state index contributed by atoms with van der Waals surface area (Å²) in [5.41, 5.74) is 2.43. The normalized spacial score (nSPS) is 33.5. The van der Waals surface area contributed by atoms with Gasteiger partial charge >= 0.3 is 0 Å². The van der Waals surface area contributed by atoms with Gasteiger partial charge in [-0.05, 0) is 37.8 Å². The molecule has 5 heteroatoms. The van der Waals surface area contributed by atoms with E-state index in [1.807, 2.05) is 6.33 Å². The van der Waals surface area contributed by atoms with E-state index < -0.39 is 0 Å². The van der Waals surface area contributed by atoms with Crippen LogP contribution in [0, 0.1) is 0 Å². The summed E-state index contributed by atoms with van der Waals surface area (Å²) in [4.78, 5) is 7.11. The summed E-state index contributed by atoms with van der Waals surface area (Å²) in [6, 6.07) is 9.75. The molecule has 2 bridgehead atoms. The van der Waals surface area contributed by atoms with Gasteiger partial charge in [0.1, 0.15) is 0 Å². The highest BCUT2D eigenvalue weighted by molar-refractivity contribution is 5.74. The average Bonchev–Trinajstić information content (AvgIpc) is 3.16. The van der Waals surface area contributed by atoms with Crippen molar-refractivity contribution in [3.8, 4) is 0 Å². The summed E-state index contributed by atoms with van der Waals surface area (Å²) in [5, 5.41) is 3.74. The van der Waals surface area contributed by atoms with E-state index >= 15 is 0 Å². The Balaban J connectivity index is 1.26. The molecule has 5 rings (SSSR count). The number of imidazole rings is 1. The molecule has 1 unspecified atom stereocenters. The number of morpholine rings is 1. The van der Waals surface area contributed by atoms with E-state index in [0.717, 1.165) is 38.3 Å². The van der Waals surface area contributed by atoms with Gasteiger partial charge in [-0.1, -0.05) is 12.1 Å². The third kappa shape index (κ3) is 2.65. The minimum absolute atomic E-state index is 0.104. The van der Waals surface area contributed by atoms with Crippen LogP contribution in [0.25, 0.3) is 11.0 Å². The maximum Gasteiger partial charge on any atom is 0.0958 e. The maximum atomic E-state index is 6.32. The van der Waals surface area contributed by atoms with Gasteiger partial charge in [-0.3, -0.25) is 4.90 Å². The third-order valence-electron chi connectivity index (χ3n) is 6.08. The molecule has 3 saturated heterocycles. The molecule has 4 heterocycles. The number of rotatable bonds is 3. The second kappa shape index (κ2) is 5.83. The van der Waals surface area contributed by atoms with Crippen LogP contribution in [0.1, 0.15) is 25.7 Å². The Labute approximate surface area is 143 Å². The van der Waals surface area contributed by atoms with Crippen LogP contribution in [0.3, 0.4) is 0 Å². The molecule has 0 saturated carbocycles. The lowest BCUT2D eigenvalue weighted by Gasteiger charge is -2.47. The molecule has 3 aliphatic heterocycles. The molecule has 0 aliphatic carbocycles.